The molecule has 3 heteroatoms. The molecule has 0 amide bonds. The first-order valence-electron chi connectivity index (χ1n) is 28.2. The van der Waals surface area contributed by atoms with Gasteiger partial charge in [0, 0.05) is 36.6 Å². The third kappa shape index (κ3) is 7.09. The Balaban J connectivity index is 0.788. The lowest BCUT2D eigenvalue weighted by Gasteiger charge is -2.21. The molecule has 1 nitrogen and oxygen atoms in total. The first-order valence-corrected chi connectivity index (χ1v) is 32.0. The highest BCUT2D eigenvalue weighted by Gasteiger charge is 2.38. The molecule has 2 aromatic heterocycles. The van der Waals surface area contributed by atoms with E-state index >= 15 is 0 Å². The predicted molar refractivity (Wildman–Crippen MR) is 353 cm³/mol. The van der Waals surface area contributed by atoms with Gasteiger partial charge >= 0.3 is 0 Å². The molecule has 17 rings (SSSR count). The molecule has 0 bridgehead atoms. The lowest BCUT2D eigenvalue weighted by molar-refractivity contribution is 1.18. The fourth-order valence-corrected chi connectivity index (χ4v) is 18.3. The Kier molecular flexibility index (Phi) is 10.1. The van der Waals surface area contributed by atoms with E-state index in [9.17, 15) is 0 Å². The van der Waals surface area contributed by atoms with Crippen molar-refractivity contribution in [1.29, 1.82) is 0 Å². The molecule has 0 aliphatic carbocycles. The molecule has 1 aliphatic heterocycles. The molecular formula is C78H51NSSi. The second-order valence-electron chi connectivity index (χ2n) is 22.7. The molecule has 0 fully saturated rings. The normalized spacial score (nSPS) is 12.9. The predicted octanol–water partition coefficient (Wildman–Crippen LogP) is 20.9. The SMILES string of the molecule is C[Si]1(C)c2cc(-c3cccc4c3sc3ccccc34)ccc2-c2ccc(-n3c4ccc(-c5ccc(-c6cc7ccccc7c7ccccc67)cc5)cc4c4cc(-c5ccc(-c6cc7ccccc7c7ccccc67)cc5)ccc43)cc21. The maximum absolute atomic E-state index is 2.55. The molecule has 81 heavy (non-hydrogen) atoms. The van der Waals surface area contributed by atoms with Gasteiger partial charge in [0.15, 0.2) is 0 Å². The van der Waals surface area contributed by atoms with Gasteiger partial charge in [-0.2, -0.15) is 0 Å². The molecule has 378 valence electrons. The van der Waals surface area contributed by atoms with E-state index in [2.05, 4.69) is 291 Å². The fraction of sp³-hybridized carbons (Fsp3) is 0.0256. The van der Waals surface area contributed by atoms with Crippen LogP contribution in [0.4, 0.5) is 0 Å². The number of aromatic nitrogens is 1. The summed E-state index contributed by atoms with van der Waals surface area (Å²) in [6.07, 6.45) is 0. The molecule has 0 atom stereocenters. The van der Waals surface area contributed by atoms with Gasteiger partial charge in [-0.3, -0.25) is 0 Å². The lowest BCUT2D eigenvalue weighted by Crippen LogP contribution is -2.49. The van der Waals surface area contributed by atoms with E-state index in [1.807, 2.05) is 11.3 Å². The quantitative estimate of drug-likeness (QED) is 0.116. The molecule has 0 saturated carbocycles. The Morgan fingerprint density at radius 1 is 0.272 bits per heavy atom. The van der Waals surface area contributed by atoms with Crippen LogP contribution in [0.3, 0.4) is 0 Å². The van der Waals surface area contributed by atoms with Gasteiger partial charge < -0.3 is 4.57 Å². The first-order chi connectivity index (χ1) is 39.9. The Hall–Kier alpha value is -9.64. The number of hydrogen-bond donors (Lipinski definition) is 0. The van der Waals surface area contributed by atoms with Crippen molar-refractivity contribution in [2.75, 3.05) is 0 Å². The van der Waals surface area contributed by atoms with Crippen LogP contribution >= 0.6 is 11.3 Å². The van der Waals surface area contributed by atoms with Crippen LogP contribution in [0, 0.1) is 0 Å². The summed E-state index contributed by atoms with van der Waals surface area (Å²) >= 11 is 1.91. The van der Waals surface area contributed by atoms with E-state index < -0.39 is 8.07 Å². The second-order valence-corrected chi connectivity index (χ2v) is 28.1. The van der Waals surface area contributed by atoms with E-state index in [0.29, 0.717) is 0 Å². The van der Waals surface area contributed by atoms with Crippen molar-refractivity contribution >= 4 is 115 Å². The van der Waals surface area contributed by atoms with Crippen molar-refractivity contribution < 1.29 is 0 Å². The summed E-state index contributed by atoms with van der Waals surface area (Å²) in [5.41, 5.74) is 18.8. The smallest absolute Gasteiger partial charge is 0.113 e. The van der Waals surface area contributed by atoms with Crippen LogP contribution in [0.25, 0.3) is 158 Å². The maximum Gasteiger partial charge on any atom is 0.113 e. The van der Waals surface area contributed by atoms with Crippen LogP contribution in [-0.4, -0.2) is 12.6 Å². The molecule has 3 heterocycles. The zero-order valence-corrected chi connectivity index (χ0v) is 46.7. The van der Waals surface area contributed by atoms with E-state index in [1.54, 1.807) is 0 Å². The second kappa shape index (κ2) is 17.7. The van der Waals surface area contributed by atoms with Gasteiger partial charge in [-0.1, -0.05) is 231 Å². The van der Waals surface area contributed by atoms with Crippen molar-refractivity contribution in [3.05, 3.63) is 273 Å². The van der Waals surface area contributed by atoms with Crippen molar-refractivity contribution in [2.45, 2.75) is 13.1 Å². The van der Waals surface area contributed by atoms with E-state index in [-0.39, 0.29) is 0 Å². The summed E-state index contributed by atoms with van der Waals surface area (Å²) in [6.45, 7) is 5.11. The molecule has 0 spiro atoms. The van der Waals surface area contributed by atoms with Crippen LogP contribution in [0.1, 0.15) is 0 Å². The Morgan fingerprint density at radius 3 is 1.30 bits per heavy atom. The van der Waals surface area contributed by atoms with Gasteiger partial charge in [0.2, 0.25) is 0 Å². The fourth-order valence-electron chi connectivity index (χ4n) is 13.9. The third-order valence-corrected chi connectivity index (χ3v) is 22.7. The monoisotopic (exact) mass is 1060 g/mol. The third-order valence-electron chi connectivity index (χ3n) is 18.0. The zero-order valence-electron chi connectivity index (χ0n) is 44.8. The molecule has 0 unspecified atom stereocenters. The topological polar surface area (TPSA) is 4.93 Å². The summed E-state index contributed by atoms with van der Waals surface area (Å²) in [5.74, 6) is 0. The van der Waals surface area contributed by atoms with E-state index in [0.717, 1.165) is 0 Å². The van der Waals surface area contributed by atoms with E-state index in [4.69, 9.17) is 0 Å². The molecule has 0 N–H and O–H groups in total. The lowest BCUT2D eigenvalue weighted by atomic mass is 9.92. The van der Waals surface area contributed by atoms with E-state index in [1.165, 1.54) is 168 Å². The van der Waals surface area contributed by atoms with Gasteiger partial charge in [0.25, 0.3) is 0 Å². The Morgan fingerprint density at radius 2 is 0.716 bits per heavy atom. The van der Waals surface area contributed by atoms with Crippen molar-refractivity contribution in [3.8, 4) is 72.4 Å². The van der Waals surface area contributed by atoms with Crippen molar-refractivity contribution in [2.24, 2.45) is 0 Å². The van der Waals surface area contributed by atoms with Gasteiger partial charge in [0.1, 0.15) is 8.07 Å². The summed E-state index contributed by atoms with van der Waals surface area (Å²) in [5, 5.41) is 18.4. The number of fused-ring (bicyclic) bond motifs is 15. The first kappa shape index (κ1) is 46.3. The number of hydrogen-bond acceptors (Lipinski definition) is 1. The molecule has 14 aromatic carbocycles. The standard InChI is InChI=1S/C78H51NSSi/c1-81(2)76-46-56(60-23-13-24-68-65-22-11-12-25-75(65)80-78(60)68)34-38-66(76)67-39-37-57(47-77(67)81)79-73-40-35-52(48-26-30-50(31-27-48)69-44-54-14-3-5-16-58(54)61-18-7-9-20-63(61)69)42-71(73)72-43-53(36-41-74(72)79)49-28-32-51(33-29-49)70-45-55-15-4-6-17-59(55)62-19-8-10-21-64(62)70/h3-47H,1-2H3. The zero-order chi connectivity index (χ0) is 53.5. The Labute approximate surface area is 474 Å². The number of benzene rings is 14. The highest BCUT2D eigenvalue weighted by atomic mass is 32.1. The van der Waals surface area contributed by atoms with Crippen molar-refractivity contribution in [1.82, 2.24) is 4.57 Å². The van der Waals surface area contributed by atoms with Gasteiger partial charge in [-0.05, 0) is 175 Å². The van der Waals surface area contributed by atoms with Crippen LogP contribution in [0.15, 0.2) is 273 Å². The van der Waals surface area contributed by atoms with Gasteiger partial charge in [-0.15, -0.1) is 11.3 Å². The minimum Gasteiger partial charge on any atom is -0.309 e. The molecular weight excluding hydrogens is 1010 g/mol. The van der Waals surface area contributed by atoms with Gasteiger partial charge in [-0.25, -0.2) is 0 Å². The minimum absolute atomic E-state index is 1.20. The average molecular weight is 1060 g/mol. The van der Waals surface area contributed by atoms with Crippen LogP contribution < -0.4 is 10.4 Å². The van der Waals surface area contributed by atoms with Crippen LogP contribution in [0.2, 0.25) is 13.1 Å². The average Bonchev–Trinajstić information content (AvgIpc) is 3.65. The minimum atomic E-state index is -2.16. The highest BCUT2D eigenvalue weighted by Crippen LogP contribution is 2.44. The van der Waals surface area contributed by atoms with Gasteiger partial charge in [0.05, 0.1) is 11.0 Å². The summed E-state index contributed by atoms with van der Waals surface area (Å²) in [4.78, 5) is 0. The number of rotatable bonds is 6. The molecule has 0 radical (unpaired) electrons. The largest absolute Gasteiger partial charge is 0.309 e. The summed E-state index contributed by atoms with van der Waals surface area (Å²) < 4.78 is 5.24. The van der Waals surface area contributed by atoms with Crippen LogP contribution in [-0.2, 0) is 0 Å². The number of thiophene rings is 1. The summed E-state index contributed by atoms with van der Waals surface area (Å²) in [7, 11) is -2.16. The van der Waals surface area contributed by atoms with Crippen LogP contribution in [0.5, 0.6) is 0 Å². The Bertz CT molecular complexity index is 5090. The number of nitrogens with zero attached hydrogens (tertiary/aromatic N) is 1. The molecule has 0 saturated heterocycles. The van der Waals surface area contributed by atoms with Crippen molar-refractivity contribution in [3.63, 3.8) is 0 Å². The summed E-state index contributed by atoms with van der Waals surface area (Å²) in [6, 6.07) is 103. The highest BCUT2D eigenvalue weighted by molar-refractivity contribution is 7.26. The molecule has 1 aliphatic rings. The maximum atomic E-state index is 2.55. The molecule has 16 aromatic rings.